The van der Waals surface area contributed by atoms with E-state index in [1.807, 2.05) is 19.1 Å². The lowest BCUT2D eigenvalue weighted by atomic mass is 9.97. The highest BCUT2D eigenvalue weighted by molar-refractivity contribution is 6.30. The summed E-state index contributed by atoms with van der Waals surface area (Å²) in [5.41, 5.74) is 7.60. The molecule has 5 heteroatoms. The number of hydrogen-bond donors (Lipinski definition) is 1. The quantitative estimate of drug-likeness (QED) is 0.906. The molecule has 1 aliphatic heterocycles. The maximum atomic E-state index is 11.8. The Morgan fingerprint density at radius 1 is 1.29 bits per heavy atom. The summed E-state index contributed by atoms with van der Waals surface area (Å²) < 4.78 is 0. The molecule has 0 aromatic heterocycles. The Bertz CT molecular complexity index is 507. The molecule has 1 amide bonds. The first-order chi connectivity index (χ1) is 9.97. The number of amides is 1. The van der Waals surface area contributed by atoms with E-state index in [2.05, 4.69) is 16.4 Å². The molecule has 1 aliphatic rings. The van der Waals surface area contributed by atoms with Crippen LogP contribution in [0, 0.1) is 0 Å². The first kappa shape index (κ1) is 15.9. The molecule has 114 valence electrons. The normalized spacial score (nSPS) is 17.5. The topological polar surface area (TPSA) is 49.6 Å². The van der Waals surface area contributed by atoms with Gasteiger partial charge in [-0.1, -0.05) is 30.3 Å². The van der Waals surface area contributed by atoms with Crippen LogP contribution in [-0.4, -0.2) is 48.4 Å². The molecule has 2 N–H and O–H groups in total. The molecule has 21 heavy (non-hydrogen) atoms. The van der Waals surface area contributed by atoms with E-state index in [1.165, 1.54) is 0 Å². The lowest BCUT2D eigenvalue weighted by Gasteiger charge is -2.37. The average molecular weight is 308 g/mol. The Labute approximate surface area is 131 Å². The van der Waals surface area contributed by atoms with Crippen molar-refractivity contribution in [2.24, 2.45) is 5.73 Å². The van der Waals surface area contributed by atoms with Gasteiger partial charge in [-0.05, 0) is 24.6 Å². The van der Waals surface area contributed by atoms with Gasteiger partial charge in [0, 0.05) is 43.4 Å². The second kappa shape index (κ2) is 6.96. The summed E-state index contributed by atoms with van der Waals surface area (Å²) in [6.45, 7) is 10.4. The molecule has 0 aliphatic carbocycles. The minimum Gasteiger partial charge on any atom is -0.373 e. The van der Waals surface area contributed by atoms with Gasteiger partial charge < -0.3 is 10.6 Å². The van der Waals surface area contributed by atoms with E-state index >= 15 is 0 Å². The SMILES string of the molecule is C=C(C)N1CCN(C[C@H](C(N)=O)c2ccc(Cl)cc2)CC1. The van der Waals surface area contributed by atoms with Gasteiger partial charge in [0.25, 0.3) is 0 Å². The Balaban J connectivity index is 2.00. The van der Waals surface area contributed by atoms with Gasteiger partial charge in [-0.3, -0.25) is 9.69 Å². The van der Waals surface area contributed by atoms with Gasteiger partial charge in [0.15, 0.2) is 0 Å². The number of hydrogen-bond acceptors (Lipinski definition) is 3. The van der Waals surface area contributed by atoms with Crippen molar-refractivity contribution in [3.63, 3.8) is 0 Å². The molecule has 1 saturated heterocycles. The summed E-state index contributed by atoms with van der Waals surface area (Å²) in [7, 11) is 0. The van der Waals surface area contributed by atoms with Crippen LogP contribution in [0.25, 0.3) is 0 Å². The van der Waals surface area contributed by atoms with Crippen molar-refractivity contribution >= 4 is 17.5 Å². The number of primary amides is 1. The maximum absolute atomic E-state index is 11.8. The second-order valence-corrected chi connectivity index (χ2v) is 5.97. The molecule has 0 saturated carbocycles. The fourth-order valence-electron chi connectivity index (χ4n) is 2.63. The lowest BCUT2D eigenvalue weighted by Crippen LogP contribution is -2.47. The van der Waals surface area contributed by atoms with Crippen LogP contribution in [0.3, 0.4) is 0 Å². The number of carbonyl (C=O) groups is 1. The highest BCUT2D eigenvalue weighted by Crippen LogP contribution is 2.20. The highest BCUT2D eigenvalue weighted by atomic mass is 35.5. The standard InChI is InChI=1S/C16H22ClN3O/c1-12(2)20-9-7-19(8-10-20)11-15(16(18)21)13-3-5-14(17)6-4-13/h3-6,15H,1,7-11H2,2H3,(H2,18,21)/t15-/m0/s1. The van der Waals surface area contributed by atoms with Crippen molar-refractivity contribution in [1.29, 1.82) is 0 Å². The molecular formula is C16H22ClN3O. The van der Waals surface area contributed by atoms with Crippen LogP contribution in [0.1, 0.15) is 18.4 Å². The van der Waals surface area contributed by atoms with Gasteiger partial charge in [0.2, 0.25) is 5.91 Å². The number of rotatable bonds is 5. The second-order valence-electron chi connectivity index (χ2n) is 5.53. The lowest BCUT2D eigenvalue weighted by molar-refractivity contribution is -0.120. The summed E-state index contributed by atoms with van der Waals surface area (Å²) in [6, 6.07) is 7.35. The van der Waals surface area contributed by atoms with Crippen molar-refractivity contribution in [1.82, 2.24) is 9.80 Å². The average Bonchev–Trinajstić information content (AvgIpc) is 2.46. The van der Waals surface area contributed by atoms with Crippen molar-refractivity contribution < 1.29 is 4.79 Å². The van der Waals surface area contributed by atoms with Crippen LogP contribution < -0.4 is 5.73 Å². The van der Waals surface area contributed by atoms with E-state index in [9.17, 15) is 4.79 Å². The van der Waals surface area contributed by atoms with E-state index in [0.717, 1.165) is 37.4 Å². The monoisotopic (exact) mass is 307 g/mol. The third-order valence-corrected chi connectivity index (χ3v) is 4.22. The summed E-state index contributed by atoms with van der Waals surface area (Å²) >= 11 is 5.89. The van der Waals surface area contributed by atoms with E-state index < -0.39 is 0 Å². The first-order valence-corrected chi connectivity index (χ1v) is 7.53. The van der Waals surface area contributed by atoms with Crippen LogP contribution in [-0.2, 0) is 4.79 Å². The highest BCUT2D eigenvalue weighted by Gasteiger charge is 2.24. The van der Waals surface area contributed by atoms with Gasteiger partial charge in [-0.25, -0.2) is 0 Å². The molecule has 2 rings (SSSR count). The minimum atomic E-state index is -0.293. The Kier molecular flexibility index (Phi) is 5.26. The number of halogens is 1. The first-order valence-electron chi connectivity index (χ1n) is 7.15. The predicted octanol–water partition coefficient (Wildman–Crippen LogP) is 2.06. The molecule has 1 fully saturated rings. The molecule has 0 unspecified atom stereocenters. The van der Waals surface area contributed by atoms with Crippen molar-refractivity contribution in [3.05, 3.63) is 47.1 Å². The maximum Gasteiger partial charge on any atom is 0.226 e. The van der Waals surface area contributed by atoms with Crippen LogP contribution in [0.4, 0.5) is 0 Å². The third kappa shape index (κ3) is 4.22. The fourth-order valence-corrected chi connectivity index (χ4v) is 2.75. The zero-order chi connectivity index (χ0) is 15.4. The van der Waals surface area contributed by atoms with Gasteiger partial charge in [-0.15, -0.1) is 0 Å². The molecule has 1 aromatic rings. The van der Waals surface area contributed by atoms with Crippen LogP contribution in [0.5, 0.6) is 0 Å². The summed E-state index contributed by atoms with van der Waals surface area (Å²) in [5, 5.41) is 0.664. The molecule has 0 radical (unpaired) electrons. The molecule has 4 nitrogen and oxygen atoms in total. The zero-order valence-corrected chi connectivity index (χ0v) is 13.1. The number of allylic oxidation sites excluding steroid dienone is 1. The van der Waals surface area contributed by atoms with E-state index in [-0.39, 0.29) is 11.8 Å². The van der Waals surface area contributed by atoms with Crippen LogP contribution >= 0.6 is 11.6 Å². The van der Waals surface area contributed by atoms with Crippen LogP contribution in [0.15, 0.2) is 36.5 Å². The van der Waals surface area contributed by atoms with E-state index in [4.69, 9.17) is 17.3 Å². The molecule has 1 atom stereocenters. The predicted molar refractivity (Wildman–Crippen MR) is 86.2 cm³/mol. The van der Waals surface area contributed by atoms with Crippen molar-refractivity contribution in [3.8, 4) is 0 Å². The smallest absolute Gasteiger partial charge is 0.226 e. The van der Waals surface area contributed by atoms with Gasteiger partial charge in [-0.2, -0.15) is 0 Å². The Hall–Kier alpha value is -1.52. The molecule has 0 spiro atoms. The van der Waals surface area contributed by atoms with Crippen molar-refractivity contribution in [2.45, 2.75) is 12.8 Å². The zero-order valence-electron chi connectivity index (χ0n) is 12.4. The number of benzene rings is 1. The fraction of sp³-hybridized carbons (Fsp3) is 0.438. The Morgan fingerprint density at radius 3 is 2.33 bits per heavy atom. The summed E-state index contributed by atoms with van der Waals surface area (Å²) in [5.74, 6) is -0.585. The summed E-state index contributed by atoms with van der Waals surface area (Å²) in [4.78, 5) is 16.3. The number of piperazine rings is 1. The van der Waals surface area contributed by atoms with Gasteiger partial charge in [0.1, 0.15) is 0 Å². The molecule has 0 bridgehead atoms. The summed E-state index contributed by atoms with van der Waals surface area (Å²) in [6.07, 6.45) is 0. The number of carbonyl (C=O) groups excluding carboxylic acids is 1. The number of nitrogens with two attached hydrogens (primary N) is 1. The van der Waals surface area contributed by atoms with E-state index in [1.54, 1.807) is 12.1 Å². The van der Waals surface area contributed by atoms with Crippen molar-refractivity contribution in [2.75, 3.05) is 32.7 Å². The van der Waals surface area contributed by atoms with Gasteiger partial charge >= 0.3 is 0 Å². The Morgan fingerprint density at radius 2 is 1.86 bits per heavy atom. The minimum absolute atomic E-state index is 0.292. The molecule has 1 aromatic carbocycles. The molecule has 1 heterocycles. The number of nitrogens with zero attached hydrogens (tertiary/aromatic N) is 2. The molecular weight excluding hydrogens is 286 g/mol. The van der Waals surface area contributed by atoms with Crippen LogP contribution in [0.2, 0.25) is 5.02 Å². The van der Waals surface area contributed by atoms with E-state index in [0.29, 0.717) is 11.6 Å². The largest absolute Gasteiger partial charge is 0.373 e. The third-order valence-electron chi connectivity index (χ3n) is 3.97. The van der Waals surface area contributed by atoms with Gasteiger partial charge in [0.05, 0.1) is 5.92 Å².